The van der Waals surface area contributed by atoms with E-state index in [2.05, 4.69) is 46.1 Å². The molecule has 0 bridgehead atoms. The highest BCUT2D eigenvalue weighted by Gasteiger charge is 2.23. The van der Waals surface area contributed by atoms with Gasteiger partial charge in [0.05, 0.1) is 12.1 Å². The van der Waals surface area contributed by atoms with Gasteiger partial charge in [-0.25, -0.2) is 4.98 Å². The smallest absolute Gasteiger partial charge is 0.228 e. The molecule has 1 saturated heterocycles. The Bertz CT molecular complexity index is 962. The molecule has 6 heteroatoms. The minimum atomic E-state index is 0.188. The van der Waals surface area contributed by atoms with Crippen LogP contribution in [0.15, 0.2) is 48.8 Å². The van der Waals surface area contributed by atoms with Gasteiger partial charge in [0.15, 0.2) is 0 Å². The largest absolute Gasteiger partial charge is 0.368 e. The van der Waals surface area contributed by atoms with Gasteiger partial charge in [-0.2, -0.15) is 0 Å². The summed E-state index contributed by atoms with van der Waals surface area (Å²) in [5.74, 6) is 0.188. The Hall–Kier alpha value is -2.73. The van der Waals surface area contributed by atoms with Gasteiger partial charge in [-0.05, 0) is 43.7 Å². The van der Waals surface area contributed by atoms with Gasteiger partial charge in [-0.15, -0.1) is 11.3 Å². The summed E-state index contributed by atoms with van der Waals surface area (Å²) in [6, 6.07) is 12.5. The summed E-state index contributed by atoms with van der Waals surface area (Å²) in [4.78, 5) is 27.0. The molecule has 1 aliphatic rings. The maximum Gasteiger partial charge on any atom is 0.228 e. The Morgan fingerprint density at radius 1 is 1.11 bits per heavy atom. The summed E-state index contributed by atoms with van der Waals surface area (Å²) < 4.78 is 0. The number of thiazole rings is 1. The number of amides is 1. The lowest BCUT2D eigenvalue weighted by Gasteiger charge is -2.36. The molecule has 0 atom stereocenters. The van der Waals surface area contributed by atoms with Gasteiger partial charge in [0.25, 0.3) is 0 Å². The number of aryl methyl sites for hydroxylation is 2. The topological polar surface area (TPSA) is 49.3 Å². The first-order valence-electron chi connectivity index (χ1n) is 9.56. The molecule has 3 heterocycles. The quantitative estimate of drug-likeness (QED) is 0.679. The van der Waals surface area contributed by atoms with Crippen molar-refractivity contribution in [1.82, 2.24) is 14.9 Å². The van der Waals surface area contributed by atoms with E-state index in [-0.39, 0.29) is 5.91 Å². The molecule has 0 spiro atoms. The molecule has 5 nitrogen and oxygen atoms in total. The van der Waals surface area contributed by atoms with E-state index in [0.29, 0.717) is 6.42 Å². The summed E-state index contributed by atoms with van der Waals surface area (Å²) in [5.41, 5.74) is 4.45. The van der Waals surface area contributed by atoms with Crippen LogP contribution in [0.2, 0.25) is 0 Å². The summed E-state index contributed by atoms with van der Waals surface area (Å²) in [6.45, 7) is 7.37. The molecule has 1 fully saturated rings. The first-order valence-corrected chi connectivity index (χ1v) is 10.4. The lowest BCUT2D eigenvalue weighted by Crippen LogP contribution is -2.49. The number of aromatic nitrogens is 2. The molecular formula is C22H24N4OS. The van der Waals surface area contributed by atoms with Gasteiger partial charge >= 0.3 is 0 Å². The Morgan fingerprint density at radius 3 is 2.64 bits per heavy atom. The van der Waals surface area contributed by atoms with Crippen LogP contribution in [0.1, 0.15) is 16.1 Å². The van der Waals surface area contributed by atoms with Crippen LogP contribution in [-0.4, -0.2) is 47.0 Å². The minimum Gasteiger partial charge on any atom is -0.368 e. The molecule has 0 aliphatic carbocycles. The molecule has 1 aliphatic heterocycles. The predicted octanol–water partition coefficient (Wildman–Crippen LogP) is 3.71. The van der Waals surface area contributed by atoms with Gasteiger partial charge in [0.1, 0.15) is 5.01 Å². The number of piperazine rings is 1. The number of hydrogen-bond acceptors (Lipinski definition) is 5. The van der Waals surface area contributed by atoms with Crippen molar-refractivity contribution in [2.45, 2.75) is 20.3 Å². The minimum absolute atomic E-state index is 0.188. The molecule has 0 unspecified atom stereocenters. The van der Waals surface area contributed by atoms with Crippen molar-refractivity contribution in [1.29, 1.82) is 0 Å². The van der Waals surface area contributed by atoms with Crippen molar-refractivity contribution in [2.24, 2.45) is 0 Å². The van der Waals surface area contributed by atoms with Gasteiger partial charge < -0.3 is 9.80 Å². The second kappa shape index (κ2) is 8.10. The molecule has 144 valence electrons. The molecule has 0 saturated carbocycles. The van der Waals surface area contributed by atoms with Gasteiger partial charge in [-0.3, -0.25) is 9.78 Å². The maximum absolute atomic E-state index is 12.8. The first-order chi connectivity index (χ1) is 13.6. The lowest BCUT2D eigenvalue weighted by molar-refractivity contribution is -0.130. The number of benzene rings is 1. The Labute approximate surface area is 169 Å². The van der Waals surface area contributed by atoms with Crippen LogP contribution in [-0.2, 0) is 11.2 Å². The van der Waals surface area contributed by atoms with Gasteiger partial charge in [0.2, 0.25) is 5.91 Å². The molecule has 4 rings (SSSR count). The van der Waals surface area contributed by atoms with Crippen LogP contribution in [0, 0.1) is 13.8 Å². The zero-order valence-electron chi connectivity index (χ0n) is 16.3. The molecule has 1 amide bonds. The van der Waals surface area contributed by atoms with Crippen molar-refractivity contribution in [2.75, 3.05) is 31.1 Å². The van der Waals surface area contributed by atoms with E-state index in [0.717, 1.165) is 47.3 Å². The summed E-state index contributed by atoms with van der Waals surface area (Å²) in [5, 5.41) is 0.928. The fourth-order valence-corrected chi connectivity index (χ4v) is 4.54. The molecule has 0 N–H and O–H groups in total. The molecule has 1 aromatic carbocycles. The van der Waals surface area contributed by atoms with Crippen molar-refractivity contribution in [3.8, 4) is 10.6 Å². The number of nitrogens with zero attached hydrogens (tertiary/aromatic N) is 4. The third kappa shape index (κ3) is 4.07. The van der Waals surface area contributed by atoms with E-state index in [1.807, 2.05) is 30.2 Å². The second-order valence-corrected chi connectivity index (χ2v) is 8.24. The predicted molar refractivity (Wildman–Crippen MR) is 114 cm³/mol. The van der Waals surface area contributed by atoms with Crippen molar-refractivity contribution < 1.29 is 4.79 Å². The van der Waals surface area contributed by atoms with Crippen molar-refractivity contribution in [3.05, 3.63) is 64.9 Å². The summed E-state index contributed by atoms with van der Waals surface area (Å²) >= 11 is 1.59. The molecular weight excluding hydrogens is 368 g/mol. The monoisotopic (exact) mass is 392 g/mol. The molecule has 0 radical (unpaired) electrons. The number of carbonyl (C=O) groups excluding carboxylic acids is 1. The third-order valence-electron chi connectivity index (χ3n) is 5.11. The van der Waals surface area contributed by atoms with Crippen molar-refractivity contribution in [3.63, 3.8) is 0 Å². The van der Waals surface area contributed by atoms with E-state index in [9.17, 15) is 4.79 Å². The highest BCUT2D eigenvalue weighted by Crippen LogP contribution is 2.28. The Morgan fingerprint density at radius 2 is 1.93 bits per heavy atom. The van der Waals surface area contributed by atoms with Crippen LogP contribution in [0.4, 0.5) is 5.69 Å². The number of anilines is 1. The van der Waals surface area contributed by atoms with E-state index in [1.165, 1.54) is 11.3 Å². The number of carbonyl (C=O) groups is 1. The highest BCUT2D eigenvalue weighted by atomic mass is 32.1. The van der Waals surface area contributed by atoms with E-state index in [1.54, 1.807) is 17.5 Å². The second-order valence-electron chi connectivity index (χ2n) is 7.15. The third-order valence-corrected chi connectivity index (χ3v) is 6.32. The number of rotatable bonds is 4. The molecule has 28 heavy (non-hydrogen) atoms. The molecule has 3 aromatic rings. The lowest BCUT2D eigenvalue weighted by atomic mass is 10.2. The summed E-state index contributed by atoms with van der Waals surface area (Å²) in [6.07, 6.45) is 3.99. The average molecular weight is 393 g/mol. The van der Waals surface area contributed by atoms with E-state index >= 15 is 0 Å². The standard InChI is InChI=1S/C22H24N4OS/c1-16-5-3-7-19(13-16)25-9-11-26(12-10-25)21(27)14-20-17(2)24-22(28-20)18-6-4-8-23-15-18/h3-8,13,15H,9-12,14H2,1-2H3. The van der Waals surface area contributed by atoms with Gasteiger partial charge in [-0.1, -0.05) is 12.1 Å². The normalized spacial score (nSPS) is 14.4. The van der Waals surface area contributed by atoms with Crippen LogP contribution in [0.25, 0.3) is 10.6 Å². The Balaban J connectivity index is 1.38. The van der Waals surface area contributed by atoms with Crippen LogP contribution >= 0.6 is 11.3 Å². The van der Waals surface area contributed by atoms with E-state index in [4.69, 9.17) is 0 Å². The van der Waals surface area contributed by atoms with Crippen LogP contribution in [0.3, 0.4) is 0 Å². The van der Waals surface area contributed by atoms with E-state index < -0.39 is 0 Å². The highest BCUT2D eigenvalue weighted by molar-refractivity contribution is 7.15. The fraction of sp³-hybridized carbons (Fsp3) is 0.318. The zero-order chi connectivity index (χ0) is 19.5. The number of pyridine rings is 1. The molecule has 2 aromatic heterocycles. The SMILES string of the molecule is Cc1cccc(N2CCN(C(=O)Cc3sc(-c4cccnc4)nc3C)CC2)c1. The average Bonchev–Trinajstić information content (AvgIpc) is 3.09. The van der Waals surface area contributed by atoms with Crippen LogP contribution < -0.4 is 4.90 Å². The fourth-order valence-electron chi connectivity index (χ4n) is 3.49. The zero-order valence-corrected chi connectivity index (χ0v) is 17.1. The van der Waals surface area contributed by atoms with Crippen LogP contribution in [0.5, 0.6) is 0 Å². The Kier molecular flexibility index (Phi) is 5.39. The van der Waals surface area contributed by atoms with Crippen molar-refractivity contribution >= 4 is 22.9 Å². The first kappa shape index (κ1) is 18.6. The summed E-state index contributed by atoms with van der Waals surface area (Å²) in [7, 11) is 0. The number of hydrogen-bond donors (Lipinski definition) is 0. The maximum atomic E-state index is 12.8. The van der Waals surface area contributed by atoms with Gasteiger partial charge in [0, 0.05) is 54.7 Å².